The Hall–Kier alpha value is -4.12. The van der Waals surface area contributed by atoms with E-state index >= 15 is 0 Å². The molecule has 2 aromatic carbocycles. The second-order valence-corrected chi connectivity index (χ2v) is 7.49. The van der Waals surface area contributed by atoms with E-state index in [0.717, 1.165) is 22.3 Å². The first-order valence-electron chi connectivity index (χ1n) is 10.8. The summed E-state index contributed by atoms with van der Waals surface area (Å²) in [5.41, 5.74) is 0.0855. The van der Waals surface area contributed by atoms with Gasteiger partial charge in [0.1, 0.15) is 11.3 Å². The van der Waals surface area contributed by atoms with Crippen molar-refractivity contribution < 1.29 is 9.53 Å². The molecule has 3 aromatic rings. The molecule has 0 saturated carbocycles. The van der Waals surface area contributed by atoms with Gasteiger partial charge in [-0.05, 0) is 42.7 Å². The molecule has 0 spiro atoms. The molecule has 170 valence electrons. The molecule has 1 heterocycles. The monoisotopic (exact) mass is 446 g/mol. The van der Waals surface area contributed by atoms with Crippen molar-refractivity contribution in [1.29, 1.82) is 5.26 Å². The highest BCUT2D eigenvalue weighted by molar-refractivity contribution is 5.93. The molecule has 1 N–H and O–H groups in total. The topological polar surface area (TPSA) is 106 Å². The quantitative estimate of drug-likeness (QED) is 0.544. The van der Waals surface area contributed by atoms with Crippen LogP contribution in [-0.4, -0.2) is 28.7 Å². The van der Waals surface area contributed by atoms with E-state index < -0.39 is 17.2 Å². The number of benzene rings is 2. The first-order valence-corrected chi connectivity index (χ1v) is 10.8. The number of hydrogen-bond donors (Lipinski definition) is 1. The Morgan fingerprint density at radius 3 is 2.67 bits per heavy atom. The fourth-order valence-corrected chi connectivity index (χ4v) is 3.50. The minimum absolute atomic E-state index is 0.131. The van der Waals surface area contributed by atoms with E-state index in [9.17, 15) is 19.6 Å². The lowest BCUT2D eigenvalue weighted by Crippen LogP contribution is -2.43. The third kappa shape index (κ3) is 5.39. The highest BCUT2D eigenvalue weighted by atomic mass is 16.5. The Balaban J connectivity index is 1.95. The van der Waals surface area contributed by atoms with Gasteiger partial charge in [-0.3, -0.25) is 14.2 Å². The maximum Gasteiger partial charge on any atom is 0.335 e. The molecular weight excluding hydrogens is 420 g/mol. The van der Waals surface area contributed by atoms with E-state index in [4.69, 9.17) is 4.74 Å². The summed E-state index contributed by atoms with van der Waals surface area (Å²) in [6.07, 6.45) is 3.40. The molecule has 1 aromatic heterocycles. The Kier molecular flexibility index (Phi) is 7.82. The molecule has 8 nitrogen and oxygen atoms in total. The molecule has 0 aliphatic rings. The van der Waals surface area contributed by atoms with Crippen LogP contribution in [0.25, 0.3) is 5.69 Å². The summed E-state index contributed by atoms with van der Waals surface area (Å²) in [4.78, 5) is 39.1. The van der Waals surface area contributed by atoms with Crippen molar-refractivity contribution in [3.8, 4) is 17.5 Å². The normalized spacial score (nSPS) is 10.5. The standard InChI is InChI=1S/C25H26N4O4/c1-3-4-14-28-17-21(23(30)27-13-12-19-9-5-6-11-22(19)33-2)24(31)29(25(28)32)20-10-7-8-18(15-20)16-26/h5-11,15,17H,3-4,12-14H2,1-2H3,(H,27,30). The Morgan fingerprint density at radius 2 is 1.94 bits per heavy atom. The lowest BCUT2D eigenvalue weighted by molar-refractivity contribution is 0.0951. The fourth-order valence-electron chi connectivity index (χ4n) is 3.50. The van der Waals surface area contributed by atoms with Gasteiger partial charge in [0.05, 0.1) is 24.4 Å². The second-order valence-electron chi connectivity index (χ2n) is 7.49. The summed E-state index contributed by atoms with van der Waals surface area (Å²) < 4.78 is 7.65. The minimum Gasteiger partial charge on any atom is -0.496 e. The summed E-state index contributed by atoms with van der Waals surface area (Å²) in [6.45, 7) is 2.65. The third-order valence-corrected chi connectivity index (χ3v) is 5.26. The molecule has 33 heavy (non-hydrogen) atoms. The van der Waals surface area contributed by atoms with Gasteiger partial charge in [-0.15, -0.1) is 0 Å². The first kappa shape index (κ1) is 23.5. The van der Waals surface area contributed by atoms with E-state index in [1.54, 1.807) is 25.3 Å². The number of amides is 1. The van der Waals surface area contributed by atoms with Gasteiger partial charge in [0.2, 0.25) is 0 Å². The molecule has 3 rings (SSSR count). The number of nitrogens with zero attached hydrogens (tertiary/aromatic N) is 3. The number of aryl methyl sites for hydroxylation is 1. The van der Waals surface area contributed by atoms with Crippen molar-refractivity contribution in [1.82, 2.24) is 14.5 Å². The zero-order chi connectivity index (χ0) is 23.8. The van der Waals surface area contributed by atoms with Gasteiger partial charge in [0.15, 0.2) is 0 Å². The number of carbonyl (C=O) groups excluding carboxylic acids is 1. The number of ether oxygens (including phenoxy) is 1. The van der Waals surface area contributed by atoms with Gasteiger partial charge < -0.3 is 10.1 Å². The number of hydrogen-bond acceptors (Lipinski definition) is 5. The molecule has 0 saturated heterocycles. The highest BCUT2D eigenvalue weighted by Crippen LogP contribution is 2.17. The Bertz CT molecular complexity index is 1300. The van der Waals surface area contributed by atoms with E-state index in [2.05, 4.69) is 5.32 Å². The van der Waals surface area contributed by atoms with E-state index in [1.807, 2.05) is 37.3 Å². The summed E-state index contributed by atoms with van der Waals surface area (Å²) in [7, 11) is 1.58. The number of carbonyl (C=O) groups is 1. The fraction of sp³-hybridized carbons (Fsp3) is 0.280. The number of para-hydroxylation sites is 1. The maximum atomic E-state index is 13.2. The SMILES string of the molecule is CCCCn1cc(C(=O)NCCc2ccccc2OC)c(=O)n(-c2cccc(C#N)c2)c1=O. The van der Waals surface area contributed by atoms with Gasteiger partial charge in [-0.1, -0.05) is 37.6 Å². The van der Waals surface area contributed by atoms with Gasteiger partial charge >= 0.3 is 5.69 Å². The van der Waals surface area contributed by atoms with Crippen LogP contribution in [0.4, 0.5) is 0 Å². The lowest BCUT2D eigenvalue weighted by Gasteiger charge is -2.14. The van der Waals surface area contributed by atoms with Crippen molar-refractivity contribution in [3.63, 3.8) is 0 Å². The van der Waals surface area contributed by atoms with Gasteiger partial charge in [-0.25, -0.2) is 9.36 Å². The van der Waals surface area contributed by atoms with Crippen LogP contribution in [0.1, 0.15) is 41.3 Å². The molecule has 0 fully saturated rings. The zero-order valence-corrected chi connectivity index (χ0v) is 18.7. The van der Waals surface area contributed by atoms with Crippen LogP contribution in [0.3, 0.4) is 0 Å². The number of methoxy groups -OCH3 is 1. The number of unbranched alkanes of at least 4 members (excludes halogenated alkanes) is 1. The molecule has 0 radical (unpaired) electrons. The molecule has 0 aliphatic heterocycles. The number of aromatic nitrogens is 2. The van der Waals surface area contributed by atoms with Gasteiger partial charge in [-0.2, -0.15) is 5.26 Å². The van der Waals surface area contributed by atoms with Crippen molar-refractivity contribution in [2.24, 2.45) is 0 Å². The van der Waals surface area contributed by atoms with Crippen molar-refractivity contribution >= 4 is 5.91 Å². The average molecular weight is 447 g/mol. The zero-order valence-electron chi connectivity index (χ0n) is 18.7. The highest BCUT2D eigenvalue weighted by Gasteiger charge is 2.18. The lowest BCUT2D eigenvalue weighted by atomic mass is 10.1. The molecule has 0 atom stereocenters. The van der Waals surface area contributed by atoms with Crippen LogP contribution in [0.5, 0.6) is 5.75 Å². The van der Waals surface area contributed by atoms with E-state index in [-0.39, 0.29) is 17.8 Å². The number of nitriles is 1. The van der Waals surface area contributed by atoms with Crippen LogP contribution in [0.2, 0.25) is 0 Å². The van der Waals surface area contributed by atoms with Crippen LogP contribution in [-0.2, 0) is 13.0 Å². The number of nitrogens with one attached hydrogen (secondary N) is 1. The number of rotatable bonds is 9. The molecule has 8 heteroatoms. The molecular formula is C25H26N4O4. The van der Waals surface area contributed by atoms with Crippen LogP contribution < -0.4 is 21.3 Å². The van der Waals surface area contributed by atoms with Gasteiger partial charge in [0, 0.05) is 19.3 Å². The van der Waals surface area contributed by atoms with Crippen molar-refractivity contribution in [2.45, 2.75) is 32.7 Å². The predicted molar refractivity (Wildman–Crippen MR) is 125 cm³/mol. The molecule has 0 unspecified atom stereocenters. The van der Waals surface area contributed by atoms with E-state index in [1.165, 1.54) is 16.8 Å². The molecule has 1 amide bonds. The van der Waals surface area contributed by atoms with Crippen LogP contribution in [0.15, 0.2) is 64.3 Å². The van der Waals surface area contributed by atoms with Crippen LogP contribution in [0, 0.1) is 11.3 Å². The summed E-state index contributed by atoms with van der Waals surface area (Å²) in [6, 6.07) is 15.7. The minimum atomic E-state index is -0.724. The smallest absolute Gasteiger partial charge is 0.335 e. The second kappa shape index (κ2) is 11.0. The summed E-state index contributed by atoms with van der Waals surface area (Å²) in [5, 5.41) is 12.0. The Morgan fingerprint density at radius 1 is 1.15 bits per heavy atom. The summed E-state index contributed by atoms with van der Waals surface area (Å²) >= 11 is 0. The third-order valence-electron chi connectivity index (χ3n) is 5.26. The summed E-state index contributed by atoms with van der Waals surface area (Å²) in [5.74, 6) is 0.157. The molecule has 0 aliphatic carbocycles. The Labute approximate surface area is 191 Å². The van der Waals surface area contributed by atoms with E-state index in [0.29, 0.717) is 24.9 Å². The van der Waals surface area contributed by atoms with Crippen molar-refractivity contribution in [3.05, 3.63) is 92.3 Å². The first-order chi connectivity index (χ1) is 16.0. The predicted octanol–water partition coefficient (Wildman–Crippen LogP) is 2.65. The average Bonchev–Trinajstić information content (AvgIpc) is 2.84. The maximum absolute atomic E-state index is 13.2. The van der Waals surface area contributed by atoms with Crippen LogP contribution >= 0.6 is 0 Å². The van der Waals surface area contributed by atoms with Gasteiger partial charge in [0.25, 0.3) is 11.5 Å². The molecule has 0 bridgehead atoms. The largest absolute Gasteiger partial charge is 0.496 e. The van der Waals surface area contributed by atoms with Crippen molar-refractivity contribution in [2.75, 3.05) is 13.7 Å².